The first-order chi connectivity index (χ1) is 10.2. The summed E-state index contributed by atoms with van der Waals surface area (Å²) in [5.41, 5.74) is 0.817. The van der Waals surface area contributed by atoms with Crippen LogP contribution >= 0.6 is 15.9 Å². The molecule has 0 bridgehead atoms. The van der Waals surface area contributed by atoms with Gasteiger partial charge in [0.2, 0.25) is 0 Å². The zero-order chi connectivity index (χ0) is 15.5. The van der Waals surface area contributed by atoms with E-state index in [1.165, 1.54) is 32.1 Å². The predicted octanol–water partition coefficient (Wildman–Crippen LogP) is 5.08. The Morgan fingerprint density at radius 3 is 2.38 bits per heavy atom. The molecular formula is C17H27BrO3. The van der Waals surface area contributed by atoms with Gasteiger partial charge in [0.15, 0.2) is 11.5 Å². The predicted molar refractivity (Wildman–Crippen MR) is 90.1 cm³/mol. The maximum Gasteiger partial charge on any atom is 0.175 e. The molecule has 0 radical (unpaired) electrons. The minimum atomic E-state index is -0.00359. The van der Waals surface area contributed by atoms with E-state index >= 15 is 0 Å². The third-order valence-corrected chi connectivity index (χ3v) is 3.89. The van der Waals surface area contributed by atoms with Crippen LogP contribution in [-0.4, -0.2) is 18.3 Å². The first-order valence-electron chi connectivity index (χ1n) is 7.91. The minimum Gasteiger partial charge on any atom is -0.490 e. The normalized spacial score (nSPS) is 10.7. The molecule has 1 N–H and O–H groups in total. The Hall–Kier alpha value is -0.740. The zero-order valence-electron chi connectivity index (χ0n) is 13.2. The minimum absolute atomic E-state index is 0.00359. The highest BCUT2D eigenvalue weighted by atomic mass is 79.9. The SMILES string of the molecule is CCCCCCCCOc1c(Br)cc(CO)cc1OCC. The lowest BCUT2D eigenvalue weighted by Gasteiger charge is -2.15. The van der Waals surface area contributed by atoms with E-state index in [4.69, 9.17) is 9.47 Å². The molecule has 0 saturated heterocycles. The number of benzene rings is 1. The number of hydrogen-bond donors (Lipinski definition) is 1. The van der Waals surface area contributed by atoms with E-state index in [1.807, 2.05) is 19.1 Å². The van der Waals surface area contributed by atoms with Crippen LogP contribution in [0, 0.1) is 0 Å². The third kappa shape index (κ3) is 6.70. The van der Waals surface area contributed by atoms with Crippen LogP contribution in [0.5, 0.6) is 11.5 Å². The lowest BCUT2D eigenvalue weighted by molar-refractivity contribution is 0.263. The van der Waals surface area contributed by atoms with Crippen molar-refractivity contribution in [2.45, 2.75) is 59.0 Å². The Bertz CT molecular complexity index is 407. The van der Waals surface area contributed by atoms with Crippen molar-refractivity contribution in [2.24, 2.45) is 0 Å². The lowest BCUT2D eigenvalue weighted by Crippen LogP contribution is -2.03. The fourth-order valence-electron chi connectivity index (χ4n) is 2.17. The maximum atomic E-state index is 9.25. The summed E-state index contributed by atoms with van der Waals surface area (Å²) in [5.74, 6) is 1.43. The Balaban J connectivity index is 2.49. The number of unbranched alkanes of at least 4 members (excludes halogenated alkanes) is 5. The van der Waals surface area contributed by atoms with Gasteiger partial charge in [0.1, 0.15) is 0 Å². The molecule has 1 rings (SSSR count). The number of rotatable bonds is 11. The Morgan fingerprint density at radius 1 is 1.00 bits per heavy atom. The molecule has 0 saturated carbocycles. The largest absolute Gasteiger partial charge is 0.490 e. The Labute approximate surface area is 136 Å². The molecule has 0 amide bonds. The summed E-state index contributed by atoms with van der Waals surface area (Å²) in [6.45, 7) is 5.44. The van der Waals surface area contributed by atoms with E-state index < -0.39 is 0 Å². The highest BCUT2D eigenvalue weighted by Crippen LogP contribution is 2.37. The van der Waals surface area contributed by atoms with Crippen LogP contribution < -0.4 is 9.47 Å². The Kier molecular flexibility index (Phi) is 9.51. The van der Waals surface area contributed by atoms with Gasteiger partial charge in [0.25, 0.3) is 0 Å². The van der Waals surface area contributed by atoms with E-state index in [0.29, 0.717) is 19.0 Å². The van der Waals surface area contributed by atoms with E-state index in [1.54, 1.807) is 0 Å². The molecule has 3 nitrogen and oxygen atoms in total. The van der Waals surface area contributed by atoms with Crippen LogP contribution in [-0.2, 0) is 6.61 Å². The summed E-state index contributed by atoms with van der Waals surface area (Å²) in [6.07, 6.45) is 7.46. The molecule has 0 atom stereocenters. The van der Waals surface area contributed by atoms with Crippen molar-refractivity contribution in [3.8, 4) is 11.5 Å². The summed E-state index contributed by atoms with van der Waals surface area (Å²) in [6, 6.07) is 3.71. The van der Waals surface area contributed by atoms with Gasteiger partial charge in [-0.1, -0.05) is 39.0 Å². The van der Waals surface area contributed by atoms with Gasteiger partial charge in [-0.15, -0.1) is 0 Å². The summed E-state index contributed by atoms with van der Waals surface area (Å²) >= 11 is 3.50. The van der Waals surface area contributed by atoms with Crippen LogP contribution in [0.1, 0.15) is 57.9 Å². The van der Waals surface area contributed by atoms with Gasteiger partial charge in [0, 0.05) is 0 Å². The van der Waals surface area contributed by atoms with Crippen molar-refractivity contribution in [1.82, 2.24) is 0 Å². The molecule has 0 aromatic heterocycles. The molecule has 1 aromatic carbocycles. The molecule has 1 aromatic rings. The standard InChI is InChI=1S/C17H27BrO3/c1-3-5-6-7-8-9-10-21-17-15(18)11-14(13-19)12-16(17)20-4-2/h11-12,19H,3-10,13H2,1-2H3. The topological polar surface area (TPSA) is 38.7 Å². The third-order valence-electron chi connectivity index (χ3n) is 3.30. The molecule has 0 aliphatic rings. The first kappa shape index (κ1) is 18.3. The molecule has 0 fully saturated rings. The van der Waals surface area contributed by atoms with Gasteiger partial charge in [-0.3, -0.25) is 0 Å². The summed E-state index contributed by atoms with van der Waals surface area (Å²) in [5, 5.41) is 9.25. The van der Waals surface area contributed by atoms with Crippen molar-refractivity contribution in [3.63, 3.8) is 0 Å². The molecule has 0 aliphatic carbocycles. The van der Waals surface area contributed by atoms with Crippen molar-refractivity contribution in [3.05, 3.63) is 22.2 Å². The number of ether oxygens (including phenoxy) is 2. The van der Waals surface area contributed by atoms with Crippen molar-refractivity contribution >= 4 is 15.9 Å². The van der Waals surface area contributed by atoms with Crippen molar-refractivity contribution in [2.75, 3.05) is 13.2 Å². The van der Waals surface area contributed by atoms with Gasteiger partial charge in [0.05, 0.1) is 24.3 Å². The van der Waals surface area contributed by atoms with Crippen LogP contribution in [0.3, 0.4) is 0 Å². The van der Waals surface area contributed by atoms with Gasteiger partial charge in [-0.25, -0.2) is 0 Å². The van der Waals surface area contributed by atoms with Gasteiger partial charge >= 0.3 is 0 Å². The molecule has 0 unspecified atom stereocenters. The fourth-order valence-corrected chi connectivity index (χ4v) is 2.78. The summed E-state index contributed by atoms with van der Waals surface area (Å²) in [7, 11) is 0. The second-order valence-electron chi connectivity index (χ2n) is 5.11. The van der Waals surface area contributed by atoms with Crippen LogP contribution in [0.15, 0.2) is 16.6 Å². The number of halogens is 1. The van der Waals surface area contributed by atoms with Crippen LogP contribution in [0.2, 0.25) is 0 Å². The van der Waals surface area contributed by atoms with Crippen molar-refractivity contribution in [1.29, 1.82) is 0 Å². The van der Waals surface area contributed by atoms with E-state index in [-0.39, 0.29) is 6.61 Å². The van der Waals surface area contributed by atoms with Crippen LogP contribution in [0.4, 0.5) is 0 Å². The van der Waals surface area contributed by atoms with E-state index in [0.717, 1.165) is 22.2 Å². The van der Waals surface area contributed by atoms with Gasteiger partial charge in [-0.2, -0.15) is 0 Å². The molecule has 4 heteroatoms. The molecule has 0 spiro atoms. The van der Waals surface area contributed by atoms with Crippen LogP contribution in [0.25, 0.3) is 0 Å². The molecule has 0 aliphatic heterocycles. The highest BCUT2D eigenvalue weighted by Gasteiger charge is 2.11. The molecule has 0 heterocycles. The van der Waals surface area contributed by atoms with Gasteiger partial charge in [-0.05, 0) is 47.0 Å². The number of hydrogen-bond acceptors (Lipinski definition) is 3. The Morgan fingerprint density at radius 2 is 1.71 bits per heavy atom. The monoisotopic (exact) mass is 358 g/mol. The molecule has 120 valence electrons. The average Bonchev–Trinajstić information content (AvgIpc) is 2.48. The smallest absolute Gasteiger partial charge is 0.175 e. The lowest BCUT2D eigenvalue weighted by atomic mass is 10.1. The van der Waals surface area contributed by atoms with E-state index in [9.17, 15) is 5.11 Å². The summed E-state index contributed by atoms with van der Waals surface area (Å²) in [4.78, 5) is 0. The van der Waals surface area contributed by atoms with Gasteiger partial charge < -0.3 is 14.6 Å². The number of aliphatic hydroxyl groups excluding tert-OH is 1. The van der Waals surface area contributed by atoms with Crippen molar-refractivity contribution < 1.29 is 14.6 Å². The fraction of sp³-hybridized carbons (Fsp3) is 0.647. The zero-order valence-corrected chi connectivity index (χ0v) is 14.7. The first-order valence-corrected chi connectivity index (χ1v) is 8.71. The maximum absolute atomic E-state index is 9.25. The second kappa shape index (κ2) is 10.9. The highest BCUT2D eigenvalue weighted by molar-refractivity contribution is 9.10. The quantitative estimate of drug-likeness (QED) is 0.560. The molecular weight excluding hydrogens is 332 g/mol. The average molecular weight is 359 g/mol. The molecule has 21 heavy (non-hydrogen) atoms. The number of aliphatic hydroxyl groups is 1. The van der Waals surface area contributed by atoms with E-state index in [2.05, 4.69) is 22.9 Å². The second-order valence-corrected chi connectivity index (χ2v) is 5.97. The summed E-state index contributed by atoms with van der Waals surface area (Å²) < 4.78 is 12.3.